The smallest absolute Gasteiger partial charge is 0.0255 e. The van der Waals surface area contributed by atoms with Crippen LogP contribution in [0.5, 0.6) is 0 Å². The van der Waals surface area contributed by atoms with Gasteiger partial charge in [-0.15, -0.1) is 0 Å². The van der Waals surface area contributed by atoms with Crippen LogP contribution in [-0.2, 0) is 0 Å². The van der Waals surface area contributed by atoms with Gasteiger partial charge in [-0.1, -0.05) is 41.0 Å². The third-order valence-corrected chi connectivity index (χ3v) is 6.22. The first-order valence-corrected chi connectivity index (χ1v) is 9.32. The van der Waals surface area contributed by atoms with Crippen molar-refractivity contribution in [1.82, 2.24) is 10.2 Å². The fraction of sp³-hybridized carbons (Fsp3) is 1.00. The molecule has 124 valence electrons. The Bertz CT molecular complexity index is 320. The van der Waals surface area contributed by atoms with Crippen LogP contribution in [0.15, 0.2) is 0 Å². The Balaban J connectivity index is 2.11. The molecule has 0 aromatic heterocycles. The van der Waals surface area contributed by atoms with Gasteiger partial charge in [0.15, 0.2) is 0 Å². The third kappa shape index (κ3) is 4.22. The maximum atomic E-state index is 3.64. The van der Waals surface area contributed by atoms with Crippen LogP contribution in [0, 0.1) is 17.3 Å². The van der Waals surface area contributed by atoms with Gasteiger partial charge in [-0.05, 0) is 56.4 Å². The summed E-state index contributed by atoms with van der Waals surface area (Å²) in [7, 11) is 2.17. The molecule has 1 N–H and O–H groups in total. The van der Waals surface area contributed by atoms with Crippen LogP contribution in [0.2, 0.25) is 0 Å². The molecule has 0 spiro atoms. The van der Waals surface area contributed by atoms with Crippen molar-refractivity contribution in [2.24, 2.45) is 17.3 Å². The highest BCUT2D eigenvalue weighted by Crippen LogP contribution is 2.43. The molecule has 0 amide bonds. The van der Waals surface area contributed by atoms with Gasteiger partial charge in [-0.2, -0.15) is 0 Å². The van der Waals surface area contributed by atoms with Gasteiger partial charge >= 0.3 is 0 Å². The highest BCUT2D eigenvalue weighted by Gasteiger charge is 2.43. The van der Waals surface area contributed by atoms with Gasteiger partial charge in [0.2, 0.25) is 0 Å². The molecule has 21 heavy (non-hydrogen) atoms. The van der Waals surface area contributed by atoms with Crippen LogP contribution in [0.4, 0.5) is 0 Å². The predicted molar refractivity (Wildman–Crippen MR) is 92.6 cm³/mol. The molecule has 0 heterocycles. The minimum absolute atomic E-state index is 0.504. The molecule has 0 aliphatic heterocycles. The van der Waals surface area contributed by atoms with Crippen LogP contribution in [0.1, 0.15) is 73.1 Å². The second-order valence-electron chi connectivity index (χ2n) is 8.64. The average Bonchev–Trinajstić information content (AvgIpc) is 3.28. The minimum Gasteiger partial charge on any atom is -0.315 e. The van der Waals surface area contributed by atoms with Gasteiger partial charge in [0.05, 0.1) is 0 Å². The van der Waals surface area contributed by atoms with Crippen molar-refractivity contribution < 1.29 is 0 Å². The molecule has 0 radical (unpaired) electrons. The van der Waals surface area contributed by atoms with Gasteiger partial charge < -0.3 is 5.32 Å². The molecule has 2 fully saturated rings. The van der Waals surface area contributed by atoms with Crippen molar-refractivity contribution in [1.29, 1.82) is 0 Å². The lowest BCUT2D eigenvalue weighted by Crippen LogP contribution is -2.55. The van der Waals surface area contributed by atoms with E-state index in [1.54, 1.807) is 0 Å². The van der Waals surface area contributed by atoms with Gasteiger partial charge in [0.25, 0.3) is 0 Å². The summed E-state index contributed by atoms with van der Waals surface area (Å²) in [5, 5.41) is 3.64. The molecule has 2 aliphatic rings. The van der Waals surface area contributed by atoms with Gasteiger partial charge in [0.1, 0.15) is 0 Å². The maximum absolute atomic E-state index is 3.64. The summed E-state index contributed by atoms with van der Waals surface area (Å²) in [4.78, 5) is 2.88. The van der Waals surface area contributed by atoms with E-state index in [2.05, 4.69) is 51.9 Å². The SMILES string of the molecule is CCC(C)(C)C1CCC(NC)C(N(CC(C)C)C2CC2)C1. The molecular weight excluding hydrogens is 256 g/mol. The van der Waals surface area contributed by atoms with Gasteiger partial charge in [0, 0.05) is 24.7 Å². The zero-order valence-corrected chi connectivity index (χ0v) is 15.3. The summed E-state index contributed by atoms with van der Waals surface area (Å²) in [5.74, 6) is 1.67. The van der Waals surface area contributed by atoms with E-state index in [1.165, 1.54) is 45.1 Å². The zero-order chi connectivity index (χ0) is 15.6. The number of nitrogens with one attached hydrogen (secondary N) is 1. The summed E-state index contributed by atoms with van der Waals surface area (Å²) in [6.45, 7) is 13.4. The Hall–Kier alpha value is -0.0800. The first kappa shape index (κ1) is 17.3. The molecule has 2 heteroatoms. The Labute approximate surface area is 133 Å². The van der Waals surface area contributed by atoms with Crippen molar-refractivity contribution >= 4 is 0 Å². The molecule has 2 aliphatic carbocycles. The van der Waals surface area contributed by atoms with E-state index in [9.17, 15) is 0 Å². The van der Waals surface area contributed by atoms with Crippen LogP contribution >= 0.6 is 0 Å². The van der Waals surface area contributed by atoms with Gasteiger partial charge in [-0.25, -0.2) is 0 Å². The molecule has 2 nitrogen and oxygen atoms in total. The minimum atomic E-state index is 0.504. The van der Waals surface area contributed by atoms with E-state index in [1.807, 2.05) is 0 Å². The highest BCUT2D eigenvalue weighted by molar-refractivity contribution is 4.99. The summed E-state index contributed by atoms with van der Waals surface area (Å²) in [6, 6.07) is 2.35. The second-order valence-corrected chi connectivity index (χ2v) is 8.64. The standard InChI is InChI=1S/C19H38N2/c1-7-19(4,5)15-8-11-17(20-6)18(12-15)21(13-14(2)3)16-9-10-16/h14-18,20H,7-13H2,1-6H3. The monoisotopic (exact) mass is 294 g/mol. The lowest BCUT2D eigenvalue weighted by molar-refractivity contribution is 0.0413. The molecular formula is C19H38N2. The number of nitrogens with zero attached hydrogens (tertiary/aromatic N) is 1. The van der Waals surface area contributed by atoms with Crippen molar-refractivity contribution in [2.45, 2.75) is 91.3 Å². The Morgan fingerprint density at radius 1 is 1.14 bits per heavy atom. The maximum Gasteiger partial charge on any atom is 0.0255 e. The van der Waals surface area contributed by atoms with Crippen molar-refractivity contribution in [3.63, 3.8) is 0 Å². The van der Waals surface area contributed by atoms with E-state index in [-0.39, 0.29) is 0 Å². The average molecular weight is 295 g/mol. The topological polar surface area (TPSA) is 15.3 Å². The van der Waals surface area contributed by atoms with E-state index >= 15 is 0 Å². The number of hydrogen-bond donors (Lipinski definition) is 1. The molecule has 0 aromatic carbocycles. The lowest BCUT2D eigenvalue weighted by Gasteiger charge is -2.47. The largest absolute Gasteiger partial charge is 0.315 e. The molecule has 0 saturated heterocycles. The Kier molecular flexibility index (Phi) is 5.76. The van der Waals surface area contributed by atoms with Gasteiger partial charge in [-0.3, -0.25) is 4.90 Å². The molecule has 3 unspecified atom stereocenters. The van der Waals surface area contributed by atoms with Crippen molar-refractivity contribution in [3.05, 3.63) is 0 Å². The van der Waals surface area contributed by atoms with Crippen LogP contribution in [0.25, 0.3) is 0 Å². The second kappa shape index (κ2) is 7.00. The number of likely N-dealkylation sites (N-methyl/N-ethyl adjacent to an activating group) is 1. The molecule has 3 atom stereocenters. The van der Waals surface area contributed by atoms with Crippen molar-refractivity contribution in [3.8, 4) is 0 Å². The quantitative estimate of drug-likeness (QED) is 0.753. The number of rotatable bonds is 7. The summed E-state index contributed by atoms with van der Waals surface area (Å²) in [6.07, 6.45) is 8.33. The van der Waals surface area contributed by atoms with E-state index < -0.39 is 0 Å². The molecule has 0 aromatic rings. The summed E-state index contributed by atoms with van der Waals surface area (Å²) >= 11 is 0. The van der Waals surface area contributed by atoms with E-state index in [4.69, 9.17) is 0 Å². The third-order valence-electron chi connectivity index (χ3n) is 6.22. The van der Waals surface area contributed by atoms with E-state index in [0.717, 1.165) is 23.9 Å². The van der Waals surface area contributed by atoms with Crippen molar-refractivity contribution in [2.75, 3.05) is 13.6 Å². The molecule has 2 rings (SSSR count). The molecule has 0 bridgehead atoms. The Morgan fingerprint density at radius 2 is 1.81 bits per heavy atom. The fourth-order valence-corrected chi connectivity index (χ4v) is 4.23. The van der Waals surface area contributed by atoms with Crippen LogP contribution < -0.4 is 5.32 Å². The first-order chi connectivity index (χ1) is 9.89. The van der Waals surface area contributed by atoms with E-state index in [0.29, 0.717) is 11.5 Å². The normalized spacial score (nSPS) is 31.1. The summed E-state index contributed by atoms with van der Waals surface area (Å²) < 4.78 is 0. The fourth-order valence-electron chi connectivity index (χ4n) is 4.23. The zero-order valence-electron chi connectivity index (χ0n) is 15.3. The van der Waals surface area contributed by atoms with Crippen LogP contribution in [0.3, 0.4) is 0 Å². The highest BCUT2D eigenvalue weighted by atomic mass is 15.2. The number of hydrogen-bond acceptors (Lipinski definition) is 2. The first-order valence-electron chi connectivity index (χ1n) is 9.32. The molecule has 2 saturated carbocycles. The predicted octanol–water partition coefficient (Wildman–Crippen LogP) is 4.30. The Morgan fingerprint density at radius 3 is 2.29 bits per heavy atom. The lowest BCUT2D eigenvalue weighted by atomic mass is 9.67. The van der Waals surface area contributed by atoms with Crippen LogP contribution in [-0.4, -0.2) is 36.6 Å². The summed E-state index contributed by atoms with van der Waals surface area (Å²) in [5.41, 5.74) is 0.504.